The number of pyridine rings is 1. The van der Waals surface area contributed by atoms with Crippen molar-refractivity contribution in [2.75, 3.05) is 0 Å². The van der Waals surface area contributed by atoms with Crippen molar-refractivity contribution in [1.82, 2.24) is 4.98 Å². The van der Waals surface area contributed by atoms with Gasteiger partial charge in [0.1, 0.15) is 5.82 Å². The third kappa shape index (κ3) is 7.43. The number of nitrogens with zero attached hydrogens (tertiary/aromatic N) is 1. The molecular formula is C46H51FIrNO3-. The second kappa shape index (κ2) is 16.4. The predicted molar refractivity (Wildman–Crippen MR) is 209 cm³/mol. The van der Waals surface area contributed by atoms with E-state index in [1.807, 2.05) is 45.9 Å². The SMILES string of the molecule is CC(=O)c1ccc2c(c1)C(C)(C)c1c-2c(F)cc2c1ccc1c(-c3[c-]c(C)c(C)c(C)c3)nccc12.CCC(CC)C(=O)/C=C(\O)C(CC)CC.[Ir]. The average molecular weight is 877 g/mol. The Bertz CT molecular complexity index is 2170. The van der Waals surface area contributed by atoms with Crippen molar-refractivity contribution in [2.24, 2.45) is 11.8 Å². The van der Waals surface area contributed by atoms with Crippen LogP contribution in [0.25, 0.3) is 43.9 Å². The monoisotopic (exact) mass is 877 g/mol. The molecule has 0 spiro atoms. The van der Waals surface area contributed by atoms with Gasteiger partial charge in [-0.05, 0) is 94.7 Å². The number of aromatic nitrogens is 1. The Kier molecular flexibility index (Phi) is 12.8. The Hall–Kier alpha value is -3.99. The van der Waals surface area contributed by atoms with Crippen LogP contribution in [0.1, 0.15) is 112 Å². The van der Waals surface area contributed by atoms with Crippen LogP contribution >= 0.6 is 0 Å². The maximum absolute atomic E-state index is 15.9. The summed E-state index contributed by atoms with van der Waals surface area (Å²) in [7, 11) is 0. The summed E-state index contributed by atoms with van der Waals surface area (Å²) >= 11 is 0. The maximum atomic E-state index is 15.9. The Balaban J connectivity index is 0.000000323. The Labute approximate surface area is 322 Å². The first-order valence-electron chi connectivity index (χ1n) is 18.3. The molecule has 0 atom stereocenters. The molecule has 0 bridgehead atoms. The summed E-state index contributed by atoms with van der Waals surface area (Å²) in [6, 6.07) is 19.1. The van der Waals surface area contributed by atoms with Crippen LogP contribution in [0.3, 0.4) is 0 Å². The summed E-state index contributed by atoms with van der Waals surface area (Å²) in [5, 5.41) is 13.6. The summed E-state index contributed by atoms with van der Waals surface area (Å²) in [6.45, 7) is 20.2. The molecule has 1 aliphatic carbocycles. The van der Waals surface area contributed by atoms with Crippen molar-refractivity contribution in [1.29, 1.82) is 0 Å². The molecule has 1 heterocycles. The van der Waals surface area contributed by atoms with Crippen molar-refractivity contribution < 1.29 is 39.2 Å². The van der Waals surface area contributed by atoms with Crippen LogP contribution in [0.4, 0.5) is 4.39 Å². The van der Waals surface area contributed by atoms with Gasteiger partial charge >= 0.3 is 0 Å². The van der Waals surface area contributed by atoms with E-state index < -0.39 is 5.41 Å². The Morgan fingerprint density at radius 2 is 1.50 bits per heavy atom. The first kappa shape index (κ1) is 40.8. The second-order valence-electron chi connectivity index (χ2n) is 14.6. The largest absolute Gasteiger partial charge is 0.512 e. The summed E-state index contributed by atoms with van der Waals surface area (Å²) in [6.07, 6.45) is 6.71. The zero-order valence-corrected chi connectivity index (χ0v) is 34.6. The molecule has 1 radical (unpaired) electrons. The van der Waals surface area contributed by atoms with Gasteiger partial charge in [0.2, 0.25) is 0 Å². The summed E-state index contributed by atoms with van der Waals surface area (Å²) in [5.74, 6) is 0.324. The molecule has 1 N–H and O–H groups in total. The number of carbonyl (C=O) groups is 2. The van der Waals surface area contributed by atoms with Crippen molar-refractivity contribution in [2.45, 2.75) is 100 Å². The number of fused-ring (bicyclic) bond motifs is 7. The fraction of sp³-hybridized carbons (Fsp3) is 0.370. The topological polar surface area (TPSA) is 67.3 Å². The van der Waals surface area contributed by atoms with Crippen molar-refractivity contribution in [3.8, 4) is 22.4 Å². The molecular weight excluding hydrogens is 826 g/mol. The molecule has 4 aromatic carbocycles. The normalized spacial score (nSPS) is 13.1. The van der Waals surface area contributed by atoms with Crippen LogP contribution in [0.2, 0.25) is 0 Å². The Morgan fingerprint density at radius 3 is 2.10 bits per heavy atom. The molecule has 6 heteroatoms. The number of aryl methyl sites for hydroxylation is 2. The minimum atomic E-state index is -0.445. The van der Waals surface area contributed by atoms with Gasteiger partial charge in [-0.1, -0.05) is 86.6 Å². The van der Waals surface area contributed by atoms with Gasteiger partial charge in [0.25, 0.3) is 0 Å². The van der Waals surface area contributed by atoms with Gasteiger partial charge in [-0.2, -0.15) is 0 Å². The van der Waals surface area contributed by atoms with Crippen LogP contribution in [-0.2, 0) is 30.3 Å². The number of benzene rings is 4. The van der Waals surface area contributed by atoms with E-state index in [0.717, 1.165) is 80.7 Å². The number of allylic oxidation sites excluding steroid dienone is 2. The molecule has 5 aromatic rings. The van der Waals surface area contributed by atoms with E-state index in [4.69, 9.17) is 4.98 Å². The number of halogens is 1. The molecule has 6 rings (SSSR count). The fourth-order valence-electron chi connectivity index (χ4n) is 7.72. The van der Waals surface area contributed by atoms with Gasteiger partial charge in [0.05, 0.1) is 5.76 Å². The maximum Gasteiger partial charge on any atom is 0.162 e. The average Bonchev–Trinajstić information content (AvgIpc) is 3.34. The van der Waals surface area contributed by atoms with E-state index in [0.29, 0.717) is 11.1 Å². The van der Waals surface area contributed by atoms with E-state index in [2.05, 4.69) is 58.9 Å². The number of carbonyl (C=O) groups excluding carboxylic acids is 2. The minimum Gasteiger partial charge on any atom is -0.512 e. The number of ketones is 2. The molecule has 275 valence electrons. The zero-order valence-electron chi connectivity index (χ0n) is 32.2. The first-order valence-corrected chi connectivity index (χ1v) is 18.3. The molecule has 4 nitrogen and oxygen atoms in total. The van der Waals surface area contributed by atoms with Gasteiger partial charge in [-0.3, -0.25) is 9.59 Å². The van der Waals surface area contributed by atoms with Crippen LogP contribution in [0, 0.1) is 44.5 Å². The van der Waals surface area contributed by atoms with Crippen LogP contribution in [0.5, 0.6) is 0 Å². The number of hydrogen-bond acceptors (Lipinski definition) is 4. The summed E-state index contributed by atoms with van der Waals surface area (Å²) in [4.78, 5) is 28.5. The second-order valence-corrected chi connectivity index (χ2v) is 14.6. The Morgan fingerprint density at radius 1 is 0.865 bits per heavy atom. The van der Waals surface area contributed by atoms with E-state index >= 15 is 4.39 Å². The van der Waals surface area contributed by atoms with E-state index in [1.54, 1.807) is 25.3 Å². The molecule has 1 aliphatic rings. The first-order chi connectivity index (χ1) is 24.2. The van der Waals surface area contributed by atoms with Crippen LogP contribution in [-0.4, -0.2) is 21.7 Å². The van der Waals surface area contributed by atoms with Crippen LogP contribution in [0.15, 0.2) is 66.6 Å². The van der Waals surface area contributed by atoms with Crippen molar-refractivity contribution >= 4 is 33.1 Å². The summed E-state index contributed by atoms with van der Waals surface area (Å²) in [5.41, 5.74) is 9.04. The van der Waals surface area contributed by atoms with Crippen molar-refractivity contribution in [3.05, 3.63) is 112 Å². The van der Waals surface area contributed by atoms with Gasteiger partial charge in [0, 0.05) is 60.8 Å². The molecule has 0 aliphatic heterocycles. The molecule has 1 aromatic heterocycles. The molecule has 0 saturated carbocycles. The third-order valence-corrected chi connectivity index (χ3v) is 11.2. The number of rotatable bonds is 9. The smallest absolute Gasteiger partial charge is 0.162 e. The van der Waals surface area contributed by atoms with E-state index in [9.17, 15) is 14.7 Å². The van der Waals surface area contributed by atoms with Gasteiger partial charge in [0.15, 0.2) is 11.6 Å². The predicted octanol–water partition coefficient (Wildman–Crippen LogP) is 12.3. The third-order valence-electron chi connectivity index (χ3n) is 11.2. The molecule has 0 saturated heterocycles. The standard InChI is InChI=1S/C33H27FNO.C13H24O2.Ir/c1-17-13-22(14-18(2)19(17)3)32-25-10-9-24-27(23(25)11-12-35-32)16-29(34)30-26-8-7-21(20(4)36)15-28(26)33(5,6)31(24)30;1-5-10(6-2)12(14)9-13(15)11(7-3)8-4;/h7-13,15-16H,1-6H3;9-11,14H,5-8H2,1-4H3;/q-1;;/b;12-9-;. The molecule has 0 fully saturated rings. The zero-order chi connectivity index (χ0) is 37.4. The van der Waals surface area contributed by atoms with Crippen LogP contribution < -0.4 is 0 Å². The number of Topliss-reactive ketones (excluding diaryl/α,β-unsaturated/α-hetero) is 1. The van der Waals surface area contributed by atoms with Gasteiger partial charge < -0.3 is 10.1 Å². The molecule has 0 amide bonds. The summed E-state index contributed by atoms with van der Waals surface area (Å²) < 4.78 is 15.9. The van der Waals surface area contributed by atoms with E-state index in [1.165, 1.54) is 17.2 Å². The van der Waals surface area contributed by atoms with Gasteiger partial charge in [-0.25, -0.2) is 4.39 Å². The molecule has 52 heavy (non-hydrogen) atoms. The van der Waals surface area contributed by atoms with E-state index in [-0.39, 0.29) is 55.1 Å². The van der Waals surface area contributed by atoms with Crippen molar-refractivity contribution in [3.63, 3.8) is 0 Å². The quantitative estimate of drug-likeness (QED) is 0.0527. The van der Waals surface area contributed by atoms with Gasteiger partial charge in [-0.15, -0.1) is 34.4 Å². The number of hydrogen-bond donors (Lipinski definition) is 1. The number of aliphatic hydroxyl groups excluding tert-OH is 1. The minimum absolute atomic E-state index is 0. The molecule has 0 unspecified atom stereocenters. The number of aliphatic hydroxyl groups is 1. The fourth-order valence-corrected chi connectivity index (χ4v) is 7.72.